The van der Waals surface area contributed by atoms with E-state index in [9.17, 15) is 0 Å². The number of ether oxygens (including phenoxy) is 2. The molecule has 0 saturated carbocycles. The number of aliphatic hydroxyl groups excluding tert-OH is 1. The molecule has 2 heterocycles. The van der Waals surface area contributed by atoms with Gasteiger partial charge >= 0.3 is 0 Å². The quantitative estimate of drug-likeness (QED) is 0.877. The highest BCUT2D eigenvalue weighted by atomic mass is 32.1. The van der Waals surface area contributed by atoms with Gasteiger partial charge in [0.25, 0.3) is 0 Å². The third kappa shape index (κ3) is 3.04. The lowest BCUT2D eigenvalue weighted by atomic mass is 10.1. The summed E-state index contributed by atoms with van der Waals surface area (Å²) in [4.78, 5) is 1.23. The van der Waals surface area contributed by atoms with E-state index in [1.54, 1.807) is 11.3 Å². The number of aliphatic hydroxyl groups is 1. The van der Waals surface area contributed by atoms with Crippen LogP contribution in [0.5, 0.6) is 0 Å². The summed E-state index contributed by atoms with van der Waals surface area (Å²) >= 11 is 1.70. The van der Waals surface area contributed by atoms with E-state index in [2.05, 4.69) is 11.4 Å². The fourth-order valence-electron chi connectivity index (χ4n) is 1.90. The maximum Gasteiger partial charge on any atom is 0.163 e. The van der Waals surface area contributed by atoms with Crippen molar-refractivity contribution in [3.05, 3.63) is 21.9 Å². The first kappa shape index (κ1) is 12.0. The van der Waals surface area contributed by atoms with E-state index in [-0.39, 0.29) is 12.7 Å². The van der Waals surface area contributed by atoms with Crippen LogP contribution < -0.4 is 0 Å². The van der Waals surface area contributed by atoms with Gasteiger partial charge in [-0.05, 0) is 30.9 Å². The van der Waals surface area contributed by atoms with Crippen LogP contribution in [0.2, 0.25) is 0 Å². The molecule has 3 nitrogen and oxygen atoms in total. The first-order chi connectivity index (χ1) is 7.59. The van der Waals surface area contributed by atoms with Gasteiger partial charge in [-0.3, -0.25) is 0 Å². The van der Waals surface area contributed by atoms with Gasteiger partial charge in [-0.2, -0.15) is 0 Å². The molecular formula is C12H18O3S. The van der Waals surface area contributed by atoms with Crippen molar-refractivity contribution < 1.29 is 14.6 Å². The van der Waals surface area contributed by atoms with Crippen LogP contribution >= 0.6 is 11.3 Å². The molecule has 1 saturated heterocycles. The average molecular weight is 242 g/mol. The summed E-state index contributed by atoms with van der Waals surface area (Å²) in [7, 11) is 0. The molecule has 0 radical (unpaired) electrons. The normalized spacial score (nSPS) is 23.8. The van der Waals surface area contributed by atoms with Crippen molar-refractivity contribution in [3.63, 3.8) is 0 Å². The molecule has 90 valence electrons. The summed E-state index contributed by atoms with van der Waals surface area (Å²) in [6.45, 7) is 4.77. The van der Waals surface area contributed by atoms with Gasteiger partial charge in [0.05, 0.1) is 12.7 Å². The molecule has 0 aromatic carbocycles. The SMILES string of the molecule is CC1(C)OC[C@H](Cc2csc(CCO)c2)O1. The van der Waals surface area contributed by atoms with Crippen LogP contribution in [0.25, 0.3) is 0 Å². The van der Waals surface area contributed by atoms with E-state index in [1.807, 2.05) is 13.8 Å². The minimum atomic E-state index is -0.436. The highest BCUT2D eigenvalue weighted by molar-refractivity contribution is 7.10. The van der Waals surface area contributed by atoms with Crippen molar-refractivity contribution >= 4 is 11.3 Å². The van der Waals surface area contributed by atoms with Crippen LogP contribution in [-0.2, 0) is 22.3 Å². The molecule has 0 aliphatic carbocycles. The highest BCUT2D eigenvalue weighted by Gasteiger charge is 2.32. The Morgan fingerprint density at radius 3 is 3.00 bits per heavy atom. The fourth-order valence-corrected chi connectivity index (χ4v) is 2.80. The Balaban J connectivity index is 1.89. The summed E-state index contributed by atoms with van der Waals surface area (Å²) in [6, 6.07) is 2.15. The van der Waals surface area contributed by atoms with Crippen molar-refractivity contribution in [3.8, 4) is 0 Å². The largest absolute Gasteiger partial charge is 0.396 e. The van der Waals surface area contributed by atoms with E-state index in [1.165, 1.54) is 10.4 Å². The standard InChI is InChI=1S/C12H18O3S/c1-12(2)14-7-10(15-12)5-9-6-11(3-4-13)16-8-9/h6,8,10,13H,3-5,7H2,1-2H3/t10-/m0/s1. The Bertz CT molecular complexity index is 346. The van der Waals surface area contributed by atoms with E-state index >= 15 is 0 Å². The predicted octanol–water partition coefficient (Wildman–Crippen LogP) is 1.98. The van der Waals surface area contributed by atoms with Crippen LogP contribution in [0, 0.1) is 0 Å². The van der Waals surface area contributed by atoms with Crippen LogP contribution in [-0.4, -0.2) is 30.2 Å². The molecule has 1 aromatic rings. The Morgan fingerprint density at radius 2 is 2.38 bits per heavy atom. The van der Waals surface area contributed by atoms with Gasteiger partial charge in [0, 0.05) is 24.3 Å². The fraction of sp³-hybridized carbons (Fsp3) is 0.667. The zero-order valence-corrected chi connectivity index (χ0v) is 10.5. The second kappa shape index (κ2) is 4.84. The third-order valence-electron chi connectivity index (χ3n) is 2.60. The van der Waals surface area contributed by atoms with E-state index in [4.69, 9.17) is 14.6 Å². The van der Waals surface area contributed by atoms with Crippen molar-refractivity contribution in [2.75, 3.05) is 13.2 Å². The van der Waals surface area contributed by atoms with Gasteiger partial charge in [0.2, 0.25) is 0 Å². The molecule has 1 aromatic heterocycles. The molecule has 0 unspecified atom stereocenters. The van der Waals surface area contributed by atoms with Gasteiger partial charge in [0.15, 0.2) is 5.79 Å². The predicted molar refractivity (Wildman–Crippen MR) is 63.7 cm³/mol. The van der Waals surface area contributed by atoms with Crippen LogP contribution in [0.1, 0.15) is 24.3 Å². The topological polar surface area (TPSA) is 38.7 Å². The lowest BCUT2D eigenvalue weighted by Gasteiger charge is -2.16. The van der Waals surface area contributed by atoms with E-state index in [0.29, 0.717) is 6.61 Å². The van der Waals surface area contributed by atoms with Gasteiger partial charge in [-0.15, -0.1) is 11.3 Å². The average Bonchev–Trinajstić information content (AvgIpc) is 2.75. The summed E-state index contributed by atoms with van der Waals surface area (Å²) < 4.78 is 11.3. The number of hydrogen-bond donors (Lipinski definition) is 1. The monoisotopic (exact) mass is 242 g/mol. The van der Waals surface area contributed by atoms with Crippen molar-refractivity contribution in [2.24, 2.45) is 0 Å². The number of rotatable bonds is 4. The summed E-state index contributed by atoms with van der Waals surface area (Å²) in [5.74, 6) is -0.436. The van der Waals surface area contributed by atoms with Gasteiger partial charge in [-0.25, -0.2) is 0 Å². The molecule has 0 spiro atoms. The van der Waals surface area contributed by atoms with Crippen LogP contribution in [0.15, 0.2) is 11.4 Å². The molecule has 1 aliphatic heterocycles. The first-order valence-corrected chi connectivity index (χ1v) is 6.46. The molecule has 0 bridgehead atoms. The summed E-state index contributed by atoms with van der Waals surface area (Å²) in [6.07, 6.45) is 1.80. The molecule has 16 heavy (non-hydrogen) atoms. The minimum absolute atomic E-state index is 0.159. The lowest BCUT2D eigenvalue weighted by Crippen LogP contribution is -2.22. The molecule has 4 heteroatoms. The summed E-state index contributed by atoms with van der Waals surface area (Å²) in [5.41, 5.74) is 1.28. The van der Waals surface area contributed by atoms with Crippen LogP contribution in [0.3, 0.4) is 0 Å². The lowest BCUT2D eigenvalue weighted by molar-refractivity contribution is -0.138. The first-order valence-electron chi connectivity index (χ1n) is 5.58. The van der Waals surface area contributed by atoms with Gasteiger partial charge < -0.3 is 14.6 Å². The van der Waals surface area contributed by atoms with Crippen molar-refractivity contribution in [1.29, 1.82) is 0 Å². The Hall–Kier alpha value is -0.420. The Morgan fingerprint density at radius 1 is 1.56 bits per heavy atom. The van der Waals surface area contributed by atoms with Gasteiger partial charge in [-0.1, -0.05) is 0 Å². The molecule has 1 aliphatic rings. The molecule has 1 N–H and O–H groups in total. The minimum Gasteiger partial charge on any atom is -0.396 e. The molecule has 2 rings (SSSR count). The maximum atomic E-state index is 8.84. The van der Waals surface area contributed by atoms with Crippen molar-refractivity contribution in [2.45, 2.75) is 38.6 Å². The molecule has 1 fully saturated rings. The Labute approximate surface area is 100 Å². The number of hydrogen-bond acceptors (Lipinski definition) is 4. The zero-order chi connectivity index (χ0) is 11.6. The second-order valence-electron chi connectivity index (χ2n) is 4.55. The Kier molecular flexibility index (Phi) is 3.64. The third-order valence-corrected chi connectivity index (χ3v) is 3.64. The smallest absolute Gasteiger partial charge is 0.163 e. The second-order valence-corrected chi connectivity index (χ2v) is 5.55. The zero-order valence-electron chi connectivity index (χ0n) is 9.73. The summed E-state index contributed by atoms with van der Waals surface area (Å²) in [5, 5.41) is 11.0. The van der Waals surface area contributed by atoms with E-state index < -0.39 is 5.79 Å². The van der Waals surface area contributed by atoms with Crippen molar-refractivity contribution in [1.82, 2.24) is 0 Å². The highest BCUT2D eigenvalue weighted by Crippen LogP contribution is 2.26. The molecule has 1 atom stereocenters. The van der Waals surface area contributed by atoms with Crippen LogP contribution in [0.4, 0.5) is 0 Å². The number of thiophene rings is 1. The van der Waals surface area contributed by atoms with E-state index in [0.717, 1.165) is 12.8 Å². The molecule has 0 amide bonds. The maximum absolute atomic E-state index is 8.84. The van der Waals surface area contributed by atoms with Gasteiger partial charge in [0.1, 0.15) is 0 Å². The molecular weight excluding hydrogens is 224 g/mol.